The van der Waals surface area contributed by atoms with E-state index in [1.807, 2.05) is 26.0 Å². The Bertz CT molecular complexity index is 500. The Labute approximate surface area is 98.9 Å². The molecule has 0 aliphatic carbocycles. The molecule has 0 spiro atoms. The molecule has 0 amide bonds. The highest BCUT2D eigenvalue weighted by Gasteiger charge is 2.09. The maximum atomic E-state index is 5.60. The van der Waals surface area contributed by atoms with Crippen molar-refractivity contribution >= 4 is 5.95 Å². The second kappa shape index (κ2) is 4.73. The van der Waals surface area contributed by atoms with Crippen LogP contribution in [0.3, 0.4) is 0 Å². The van der Waals surface area contributed by atoms with E-state index in [9.17, 15) is 0 Å². The van der Waals surface area contributed by atoms with Crippen molar-refractivity contribution in [3.63, 3.8) is 0 Å². The fourth-order valence-electron chi connectivity index (χ4n) is 1.25. The van der Waals surface area contributed by atoms with E-state index in [0.29, 0.717) is 11.5 Å². The zero-order chi connectivity index (χ0) is 12.3. The summed E-state index contributed by atoms with van der Waals surface area (Å²) in [6, 6.07) is 5.69. The van der Waals surface area contributed by atoms with Crippen LogP contribution in [0.2, 0.25) is 0 Å². The monoisotopic (exact) mass is 231 g/mol. The molecule has 2 aromatic heterocycles. The number of nitrogen functional groups attached to an aromatic ring is 1. The molecule has 0 aliphatic rings. The second-order valence-corrected chi connectivity index (χ2v) is 3.68. The van der Waals surface area contributed by atoms with Crippen LogP contribution in [0.1, 0.15) is 13.8 Å². The van der Waals surface area contributed by atoms with Crippen LogP contribution < -0.4 is 10.5 Å². The summed E-state index contributed by atoms with van der Waals surface area (Å²) in [5, 5.41) is 0. The largest absolute Gasteiger partial charge is 0.461 e. The van der Waals surface area contributed by atoms with E-state index < -0.39 is 0 Å². The third-order valence-corrected chi connectivity index (χ3v) is 1.87. The summed E-state index contributed by atoms with van der Waals surface area (Å²) in [5.74, 6) is 0.532. The van der Waals surface area contributed by atoms with E-state index in [2.05, 4.69) is 19.9 Å². The van der Waals surface area contributed by atoms with Crippen LogP contribution >= 0.6 is 0 Å². The molecule has 2 N–H and O–H groups in total. The average Bonchev–Trinajstić information content (AvgIpc) is 2.28. The highest BCUT2D eigenvalue weighted by Crippen LogP contribution is 2.15. The summed E-state index contributed by atoms with van der Waals surface area (Å²) in [5.41, 5.74) is 6.24. The molecule has 0 atom stereocenters. The Morgan fingerprint density at radius 2 is 2.00 bits per heavy atom. The van der Waals surface area contributed by atoms with Gasteiger partial charge in [0.1, 0.15) is 5.69 Å². The van der Waals surface area contributed by atoms with Crippen molar-refractivity contribution < 1.29 is 4.74 Å². The lowest BCUT2D eigenvalue weighted by molar-refractivity contribution is 0.222. The molecular weight excluding hydrogens is 218 g/mol. The van der Waals surface area contributed by atoms with E-state index in [4.69, 9.17) is 10.5 Å². The molecule has 0 aromatic carbocycles. The molecule has 0 fully saturated rings. The molecule has 6 nitrogen and oxygen atoms in total. The molecule has 17 heavy (non-hydrogen) atoms. The zero-order valence-electron chi connectivity index (χ0n) is 9.66. The summed E-state index contributed by atoms with van der Waals surface area (Å²) >= 11 is 0. The number of pyridine rings is 1. The van der Waals surface area contributed by atoms with Crippen molar-refractivity contribution in [2.45, 2.75) is 20.0 Å². The van der Waals surface area contributed by atoms with Crippen LogP contribution in [0.4, 0.5) is 5.95 Å². The van der Waals surface area contributed by atoms with Gasteiger partial charge in [0.25, 0.3) is 0 Å². The van der Waals surface area contributed by atoms with E-state index in [-0.39, 0.29) is 18.1 Å². The van der Waals surface area contributed by atoms with Crippen molar-refractivity contribution in [1.82, 2.24) is 19.9 Å². The minimum atomic E-state index is -0.0200. The van der Waals surface area contributed by atoms with E-state index in [1.165, 1.54) is 0 Å². The fraction of sp³-hybridized carbons (Fsp3) is 0.273. The van der Waals surface area contributed by atoms with Gasteiger partial charge in [-0.3, -0.25) is 4.98 Å². The first-order valence-electron chi connectivity index (χ1n) is 5.25. The molecule has 2 aromatic rings. The fourth-order valence-corrected chi connectivity index (χ4v) is 1.25. The number of anilines is 1. The molecule has 0 bridgehead atoms. The number of hydrogen-bond acceptors (Lipinski definition) is 6. The van der Waals surface area contributed by atoms with Crippen molar-refractivity contribution in [2.24, 2.45) is 0 Å². The van der Waals surface area contributed by atoms with Crippen molar-refractivity contribution in [3.8, 4) is 17.5 Å². The summed E-state index contributed by atoms with van der Waals surface area (Å²) in [6.07, 6.45) is 1.64. The van der Waals surface area contributed by atoms with E-state index in [1.54, 1.807) is 12.3 Å². The topological polar surface area (TPSA) is 86.8 Å². The number of nitrogens with two attached hydrogens (primary N) is 1. The third-order valence-electron chi connectivity index (χ3n) is 1.87. The number of rotatable bonds is 3. The van der Waals surface area contributed by atoms with Gasteiger partial charge in [-0.1, -0.05) is 6.07 Å². The number of nitrogens with zero attached hydrogens (tertiary/aromatic N) is 4. The van der Waals surface area contributed by atoms with Crippen molar-refractivity contribution in [3.05, 3.63) is 24.4 Å². The normalized spacial score (nSPS) is 10.5. The van der Waals surface area contributed by atoms with Gasteiger partial charge in [0.15, 0.2) is 5.82 Å². The molecule has 88 valence electrons. The van der Waals surface area contributed by atoms with Gasteiger partial charge in [-0.25, -0.2) is 0 Å². The van der Waals surface area contributed by atoms with Gasteiger partial charge < -0.3 is 10.5 Å². The van der Waals surface area contributed by atoms with Gasteiger partial charge in [-0.2, -0.15) is 15.0 Å². The molecule has 0 unspecified atom stereocenters. The van der Waals surface area contributed by atoms with Gasteiger partial charge >= 0.3 is 6.01 Å². The van der Waals surface area contributed by atoms with Crippen LogP contribution in [0.5, 0.6) is 6.01 Å². The quantitative estimate of drug-likeness (QED) is 0.856. The van der Waals surface area contributed by atoms with Gasteiger partial charge in [-0.05, 0) is 26.0 Å². The summed E-state index contributed by atoms with van der Waals surface area (Å²) in [4.78, 5) is 16.2. The molecule has 0 saturated heterocycles. The smallest absolute Gasteiger partial charge is 0.322 e. The van der Waals surface area contributed by atoms with Crippen LogP contribution in [0.15, 0.2) is 24.4 Å². The van der Waals surface area contributed by atoms with Crippen molar-refractivity contribution in [2.75, 3.05) is 5.73 Å². The highest BCUT2D eigenvalue weighted by molar-refractivity contribution is 5.50. The Morgan fingerprint density at radius 3 is 2.65 bits per heavy atom. The molecule has 6 heteroatoms. The van der Waals surface area contributed by atoms with Gasteiger partial charge in [0, 0.05) is 6.20 Å². The minimum Gasteiger partial charge on any atom is -0.461 e. The lowest BCUT2D eigenvalue weighted by Gasteiger charge is -2.08. The van der Waals surface area contributed by atoms with Gasteiger partial charge in [-0.15, -0.1) is 0 Å². The number of hydrogen-bond donors (Lipinski definition) is 1. The summed E-state index contributed by atoms with van der Waals surface area (Å²) in [6.45, 7) is 3.78. The molecule has 2 heterocycles. The lowest BCUT2D eigenvalue weighted by atomic mass is 10.3. The molecule has 0 radical (unpaired) electrons. The summed E-state index contributed by atoms with van der Waals surface area (Å²) < 4.78 is 5.39. The Balaban J connectivity index is 2.38. The standard InChI is InChI=1S/C11H13N5O/c1-7(2)17-11-15-9(14-10(12)16-11)8-5-3-4-6-13-8/h3-7H,1-2H3,(H2,12,14,15,16). The van der Waals surface area contributed by atoms with Crippen LogP contribution in [-0.4, -0.2) is 26.0 Å². The first-order valence-corrected chi connectivity index (χ1v) is 5.25. The van der Waals surface area contributed by atoms with E-state index in [0.717, 1.165) is 0 Å². The Morgan fingerprint density at radius 1 is 1.18 bits per heavy atom. The van der Waals surface area contributed by atoms with Crippen LogP contribution in [-0.2, 0) is 0 Å². The Kier molecular flexibility index (Phi) is 3.13. The molecular formula is C11H13N5O. The van der Waals surface area contributed by atoms with Crippen LogP contribution in [0, 0.1) is 0 Å². The minimum absolute atomic E-state index is 0.0200. The maximum absolute atomic E-state index is 5.60. The van der Waals surface area contributed by atoms with Gasteiger partial charge in [0.2, 0.25) is 5.95 Å². The lowest BCUT2D eigenvalue weighted by Crippen LogP contribution is -2.11. The molecule has 0 saturated carbocycles. The predicted molar refractivity (Wildman–Crippen MR) is 63.2 cm³/mol. The average molecular weight is 231 g/mol. The van der Waals surface area contributed by atoms with Gasteiger partial charge in [0.05, 0.1) is 6.10 Å². The highest BCUT2D eigenvalue weighted by atomic mass is 16.5. The SMILES string of the molecule is CC(C)Oc1nc(N)nc(-c2ccccn2)n1. The summed E-state index contributed by atoms with van der Waals surface area (Å²) in [7, 11) is 0. The molecule has 2 rings (SSSR count). The predicted octanol–water partition coefficient (Wildman–Crippen LogP) is 1.30. The third kappa shape index (κ3) is 2.87. The Hall–Kier alpha value is -2.24. The second-order valence-electron chi connectivity index (χ2n) is 3.68. The van der Waals surface area contributed by atoms with Crippen LogP contribution in [0.25, 0.3) is 11.5 Å². The van der Waals surface area contributed by atoms with Crippen molar-refractivity contribution in [1.29, 1.82) is 0 Å². The first kappa shape index (κ1) is 11.3. The van der Waals surface area contributed by atoms with E-state index >= 15 is 0 Å². The number of aromatic nitrogens is 4. The number of ether oxygens (including phenoxy) is 1. The molecule has 0 aliphatic heterocycles. The maximum Gasteiger partial charge on any atom is 0.322 e. The zero-order valence-corrected chi connectivity index (χ0v) is 9.66. The first-order chi connectivity index (χ1) is 8.15.